The summed E-state index contributed by atoms with van der Waals surface area (Å²) in [5, 5.41) is 3.08. The zero-order valence-electron chi connectivity index (χ0n) is 17.3. The molecule has 0 radical (unpaired) electrons. The van der Waals surface area contributed by atoms with Gasteiger partial charge in [0.1, 0.15) is 0 Å². The minimum atomic E-state index is -0.0138. The zero-order chi connectivity index (χ0) is 20.2. The molecule has 2 aliphatic rings. The van der Waals surface area contributed by atoms with E-state index < -0.39 is 0 Å². The van der Waals surface area contributed by atoms with Crippen molar-refractivity contribution in [1.82, 2.24) is 5.32 Å². The molecule has 2 aromatic rings. The average molecular weight is 405 g/mol. The summed E-state index contributed by atoms with van der Waals surface area (Å²) < 4.78 is 0. The highest BCUT2D eigenvalue weighted by Crippen LogP contribution is 2.41. The SMILES string of the molecule is CCC1=Nc2cc(C(=O)NCCC3=CCCCC3)ccc2Sc2ccc(C)cc21. The van der Waals surface area contributed by atoms with Gasteiger partial charge >= 0.3 is 0 Å². The van der Waals surface area contributed by atoms with Crippen LogP contribution in [0.25, 0.3) is 0 Å². The van der Waals surface area contributed by atoms with Gasteiger partial charge in [0.25, 0.3) is 5.91 Å². The van der Waals surface area contributed by atoms with Crippen molar-refractivity contribution in [2.45, 2.75) is 62.2 Å². The van der Waals surface area contributed by atoms with E-state index in [1.807, 2.05) is 18.2 Å². The van der Waals surface area contributed by atoms with Crippen LogP contribution in [0.5, 0.6) is 0 Å². The Kier molecular flexibility index (Phi) is 6.19. The third-order valence-electron chi connectivity index (χ3n) is 5.59. The number of hydrogen-bond acceptors (Lipinski definition) is 3. The number of carbonyl (C=O) groups is 1. The summed E-state index contributed by atoms with van der Waals surface area (Å²) in [4.78, 5) is 20.0. The summed E-state index contributed by atoms with van der Waals surface area (Å²) in [6.45, 7) is 4.95. The van der Waals surface area contributed by atoms with Crippen molar-refractivity contribution >= 4 is 29.1 Å². The fourth-order valence-electron chi connectivity index (χ4n) is 3.95. The van der Waals surface area contributed by atoms with Crippen molar-refractivity contribution in [3.63, 3.8) is 0 Å². The Morgan fingerprint density at radius 2 is 2.00 bits per heavy atom. The second-order valence-electron chi connectivity index (χ2n) is 7.81. The summed E-state index contributed by atoms with van der Waals surface area (Å²) in [6.07, 6.45) is 9.11. The van der Waals surface area contributed by atoms with E-state index in [1.165, 1.54) is 47.3 Å². The van der Waals surface area contributed by atoms with Gasteiger partial charge in [0.05, 0.1) is 5.69 Å². The van der Waals surface area contributed by atoms with Crippen LogP contribution in [-0.2, 0) is 0 Å². The summed E-state index contributed by atoms with van der Waals surface area (Å²) in [5.74, 6) is -0.0138. The number of nitrogens with zero attached hydrogens (tertiary/aromatic N) is 1. The number of carbonyl (C=O) groups excluding carboxylic acids is 1. The summed E-state index contributed by atoms with van der Waals surface area (Å²) in [6, 6.07) is 12.4. The molecule has 0 atom stereocenters. The molecular weight excluding hydrogens is 376 g/mol. The smallest absolute Gasteiger partial charge is 0.251 e. The lowest BCUT2D eigenvalue weighted by Gasteiger charge is -2.13. The van der Waals surface area contributed by atoms with E-state index in [0.29, 0.717) is 12.1 Å². The molecule has 29 heavy (non-hydrogen) atoms. The monoisotopic (exact) mass is 404 g/mol. The van der Waals surface area contributed by atoms with Gasteiger partial charge in [-0.05, 0) is 75.8 Å². The van der Waals surface area contributed by atoms with Crippen molar-refractivity contribution in [3.8, 4) is 0 Å². The fraction of sp³-hybridized carbons (Fsp3) is 0.360. The summed E-state index contributed by atoms with van der Waals surface area (Å²) in [5.41, 5.74) is 6.59. The second-order valence-corrected chi connectivity index (χ2v) is 8.89. The summed E-state index contributed by atoms with van der Waals surface area (Å²) >= 11 is 1.73. The van der Waals surface area contributed by atoms with Gasteiger partial charge < -0.3 is 5.32 Å². The number of aliphatic imine (C=N–C) groups is 1. The third kappa shape index (κ3) is 4.64. The van der Waals surface area contributed by atoms with Crippen LogP contribution >= 0.6 is 11.8 Å². The molecule has 150 valence electrons. The highest BCUT2D eigenvalue weighted by atomic mass is 32.2. The van der Waals surface area contributed by atoms with E-state index in [-0.39, 0.29) is 5.91 Å². The van der Waals surface area contributed by atoms with Crippen LogP contribution in [0.1, 0.15) is 66.9 Å². The van der Waals surface area contributed by atoms with Crippen LogP contribution in [0.2, 0.25) is 0 Å². The largest absolute Gasteiger partial charge is 0.352 e. The van der Waals surface area contributed by atoms with Crippen molar-refractivity contribution in [2.24, 2.45) is 4.99 Å². The molecule has 0 unspecified atom stereocenters. The lowest BCUT2D eigenvalue weighted by atomic mass is 9.97. The number of hydrogen-bond donors (Lipinski definition) is 1. The quantitative estimate of drug-likeness (QED) is 0.570. The molecule has 0 spiro atoms. The Morgan fingerprint density at radius 3 is 2.79 bits per heavy atom. The maximum absolute atomic E-state index is 12.7. The number of fused-ring (bicyclic) bond motifs is 2. The molecule has 0 saturated carbocycles. The molecule has 4 heteroatoms. The van der Waals surface area contributed by atoms with E-state index in [1.54, 1.807) is 11.8 Å². The molecule has 1 aliphatic carbocycles. The Balaban J connectivity index is 1.52. The van der Waals surface area contributed by atoms with E-state index in [9.17, 15) is 4.79 Å². The molecule has 2 aromatic carbocycles. The second kappa shape index (κ2) is 9.00. The van der Waals surface area contributed by atoms with E-state index in [2.05, 4.69) is 43.4 Å². The van der Waals surface area contributed by atoms with Crippen LogP contribution in [-0.4, -0.2) is 18.2 Å². The van der Waals surface area contributed by atoms with Crippen molar-refractivity contribution in [3.05, 3.63) is 64.7 Å². The standard InChI is InChI=1S/C25H28N2OS/c1-3-21-20-15-17(2)9-11-23(20)29-24-12-10-19(16-22(24)27-21)25(28)26-14-13-18-7-5-4-6-8-18/h7,9-12,15-16H,3-6,8,13-14H2,1-2H3,(H,26,28). The van der Waals surface area contributed by atoms with Gasteiger partial charge in [-0.15, -0.1) is 0 Å². The van der Waals surface area contributed by atoms with Gasteiger partial charge in [-0.25, -0.2) is 0 Å². The van der Waals surface area contributed by atoms with Gasteiger partial charge in [-0.2, -0.15) is 0 Å². The number of rotatable bonds is 5. The first-order valence-corrected chi connectivity index (χ1v) is 11.4. The molecule has 0 bridgehead atoms. The highest BCUT2D eigenvalue weighted by molar-refractivity contribution is 7.99. The van der Waals surface area contributed by atoms with Crippen LogP contribution in [0, 0.1) is 6.92 Å². The minimum Gasteiger partial charge on any atom is -0.352 e. The molecule has 1 heterocycles. The van der Waals surface area contributed by atoms with Crippen molar-refractivity contribution in [2.75, 3.05) is 6.54 Å². The number of aryl methyl sites for hydroxylation is 1. The normalized spacial score (nSPS) is 15.5. The molecule has 4 rings (SSSR count). The topological polar surface area (TPSA) is 41.5 Å². The lowest BCUT2D eigenvalue weighted by Crippen LogP contribution is -2.24. The Bertz CT molecular complexity index is 990. The first-order valence-electron chi connectivity index (χ1n) is 10.6. The minimum absolute atomic E-state index is 0.0138. The highest BCUT2D eigenvalue weighted by Gasteiger charge is 2.18. The van der Waals surface area contributed by atoms with E-state index in [4.69, 9.17) is 4.99 Å². The predicted molar refractivity (Wildman–Crippen MR) is 122 cm³/mol. The first-order chi connectivity index (χ1) is 14.1. The van der Waals surface area contributed by atoms with Crippen LogP contribution in [0.3, 0.4) is 0 Å². The first kappa shape index (κ1) is 20.0. The maximum atomic E-state index is 12.7. The molecule has 0 saturated heterocycles. The van der Waals surface area contributed by atoms with E-state index in [0.717, 1.165) is 29.1 Å². The number of benzene rings is 2. The molecular formula is C25H28N2OS. The molecule has 0 fully saturated rings. The van der Waals surface area contributed by atoms with Crippen molar-refractivity contribution in [1.29, 1.82) is 0 Å². The maximum Gasteiger partial charge on any atom is 0.251 e. The predicted octanol–water partition coefficient (Wildman–Crippen LogP) is 6.61. The third-order valence-corrected chi connectivity index (χ3v) is 6.74. The van der Waals surface area contributed by atoms with Crippen molar-refractivity contribution < 1.29 is 4.79 Å². The van der Waals surface area contributed by atoms with Crippen LogP contribution < -0.4 is 5.32 Å². The van der Waals surface area contributed by atoms with E-state index >= 15 is 0 Å². The molecule has 1 N–H and O–H groups in total. The number of nitrogens with one attached hydrogen (secondary N) is 1. The fourth-order valence-corrected chi connectivity index (χ4v) is 4.96. The molecule has 1 amide bonds. The Morgan fingerprint density at radius 1 is 1.14 bits per heavy atom. The summed E-state index contributed by atoms with van der Waals surface area (Å²) in [7, 11) is 0. The molecule has 3 nitrogen and oxygen atoms in total. The Hall–Kier alpha value is -2.33. The van der Waals surface area contributed by atoms with Gasteiger partial charge in [0.2, 0.25) is 0 Å². The average Bonchev–Trinajstić information content (AvgIpc) is 2.90. The lowest BCUT2D eigenvalue weighted by molar-refractivity contribution is 0.0954. The van der Waals surface area contributed by atoms with Gasteiger partial charge in [-0.1, -0.05) is 42.0 Å². The molecule has 1 aliphatic heterocycles. The number of allylic oxidation sites excluding steroid dienone is 1. The zero-order valence-corrected chi connectivity index (χ0v) is 18.1. The van der Waals surface area contributed by atoms with Crippen LogP contribution in [0.4, 0.5) is 5.69 Å². The van der Waals surface area contributed by atoms with Gasteiger partial charge in [0.15, 0.2) is 0 Å². The molecule has 0 aromatic heterocycles. The van der Waals surface area contributed by atoms with Crippen LogP contribution in [0.15, 0.2) is 62.8 Å². The Labute approximate surface area is 177 Å². The van der Waals surface area contributed by atoms with Gasteiger partial charge in [-0.3, -0.25) is 9.79 Å². The number of amides is 1. The van der Waals surface area contributed by atoms with Gasteiger partial charge in [0, 0.05) is 33.2 Å².